The standard InChI is InChI=1S/C28H29NO3S2/c1-20-14-17-23(18-15-20)34(31,32)29-26(22-11-6-5-7-12-22)25-19-16-21-10-8-9-13-24(21)27(25)33(30)28(2,3)4/h5-19,26,29H,1-4H3/t26-,33?/m0/s1. The van der Waals surface area contributed by atoms with Crippen molar-refractivity contribution in [2.75, 3.05) is 0 Å². The lowest BCUT2D eigenvalue weighted by atomic mass is 9.97. The van der Waals surface area contributed by atoms with E-state index in [1.807, 2.05) is 94.4 Å². The summed E-state index contributed by atoms with van der Waals surface area (Å²) in [6.45, 7) is 7.72. The molecule has 0 aliphatic rings. The molecule has 0 aliphatic heterocycles. The predicted molar refractivity (Wildman–Crippen MR) is 140 cm³/mol. The summed E-state index contributed by atoms with van der Waals surface area (Å²) in [7, 11) is -5.24. The van der Waals surface area contributed by atoms with Crippen molar-refractivity contribution in [2.24, 2.45) is 0 Å². The Kier molecular flexibility index (Phi) is 6.76. The van der Waals surface area contributed by atoms with Crippen molar-refractivity contribution in [2.45, 2.75) is 48.3 Å². The Bertz CT molecular complexity index is 1440. The van der Waals surface area contributed by atoms with Crippen molar-refractivity contribution >= 4 is 31.6 Å². The molecule has 4 aromatic carbocycles. The third kappa shape index (κ3) is 4.99. The molecule has 4 rings (SSSR count). The quantitative estimate of drug-likeness (QED) is 0.353. The highest BCUT2D eigenvalue weighted by molar-refractivity contribution is 7.89. The van der Waals surface area contributed by atoms with Gasteiger partial charge in [-0.3, -0.25) is 4.21 Å². The first-order chi connectivity index (χ1) is 16.1. The van der Waals surface area contributed by atoms with Crippen molar-refractivity contribution in [3.8, 4) is 0 Å². The number of fused-ring (bicyclic) bond motifs is 1. The molecule has 0 radical (unpaired) electrons. The summed E-state index contributed by atoms with van der Waals surface area (Å²) in [5, 5.41) is 1.83. The minimum Gasteiger partial charge on any atom is -0.254 e. The monoisotopic (exact) mass is 491 g/mol. The smallest absolute Gasteiger partial charge is 0.241 e. The molecule has 4 nitrogen and oxygen atoms in total. The fourth-order valence-electron chi connectivity index (χ4n) is 3.90. The van der Waals surface area contributed by atoms with Crippen molar-refractivity contribution in [3.63, 3.8) is 0 Å². The van der Waals surface area contributed by atoms with Crippen LogP contribution in [0, 0.1) is 6.92 Å². The summed E-state index contributed by atoms with van der Waals surface area (Å²) in [4.78, 5) is 0.851. The molecular weight excluding hydrogens is 462 g/mol. The maximum absolute atomic E-state index is 13.8. The number of nitrogens with one attached hydrogen (secondary N) is 1. The highest BCUT2D eigenvalue weighted by Crippen LogP contribution is 2.37. The van der Waals surface area contributed by atoms with Crippen LogP contribution in [0.15, 0.2) is 101 Å². The van der Waals surface area contributed by atoms with Crippen LogP contribution in [0.4, 0.5) is 0 Å². The number of hydrogen-bond donors (Lipinski definition) is 1. The zero-order chi connectivity index (χ0) is 24.5. The van der Waals surface area contributed by atoms with Gasteiger partial charge in [-0.05, 0) is 61.7 Å². The lowest BCUT2D eigenvalue weighted by Gasteiger charge is -2.27. The summed E-state index contributed by atoms with van der Waals surface area (Å²) < 4.78 is 43.1. The van der Waals surface area contributed by atoms with Crippen LogP contribution in [-0.4, -0.2) is 17.4 Å². The number of hydrogen-bond acceptors (Lipinski definition) is 3. The Labute approximate surface area is 204 Å². The van der Waals surface area contributed by atoms with Gasteiger partial charge in [0.15, 0.2) is 0 Å². The molecule has 0 bridgehead atoms. The third-order valence-corrected chi connectivity index (χ3v) is 9.08. The summed E-state index contributed by atoms with van der Waals surface area (Å²) in [6.07, 6.45) is 0. The molecule has 1 unspecified atom stereocenters. The summed E-state index contributed by atoms with van der Waals surface area (Å²) in [6, 6.07) is 27.2. The SMILES string of the molecule is Cc1ccc(S(=O)(=O)N[C@@H](c2ccccc2)c2ccc3ccccc3c2S(=O)C(C)(C)C)cc1. The van der Waals surface area contributed by atoms with Gasteiger partial charge in [0, 0.05) is 4.75 Å². The molecule has 0 fully saturated rings. The van der Waals surface area contributed by atoms with E-state index >= 15 is 0 Å². The fraction of sp³-hybridized carbons (Fsp3) is 0.214. The summed E-state index contributed by atoms with van der Waals surface area (Å²) in [5.41, 5.74) is 2.45. The molecule has 176 valence electrons. The second kappa shape index (κ2) is 9.45. The van der Waals surface area contributed by atoms with Crippen molar-refractivity contribution in [3.05, 3.63) is 108 Å². The van der Waals surface area contributed by atoms with Gasteiger partial charge in [-0.25, -0.2) is 8.42 Å². The first-order valence-corrected chi connectivity index (χ1v) is 13.8. The first-order valence-electron chi connectivity index (χ1n) is 11.2. The molecule has 0 heterocycles. The van der Waals surface area contributed by atoms with Gasteiger partial charge in [0.25, 0.3) is 0 Å². The van der Waals surface area contributed by atoms with E-state index in [0.717, 1.165) is 21.9 Å². The number of aryl methyl sites for hydroxylation is 1. The summed E-state index contributed by atoms with van der Waals surface area (Å²) >= 11 is 0. The molecule has 0 spiro atoms. The Morgan fingerprint density at radius 2 is 1.41 bits per heavy atom. The fourth-order valence-corrected chi connectivity index (χ4v) is 6.50. The lowest BCUT2D eigenvalue weighted by Crippen LogP contribution is -2.31. The Balaban J connectivity index is 1.95. The van der Waals surface area contributed by atoms with Crippen LogP contribution < -0.4 is 4.72 Å². The van der Waals surface area contributed by atoms with Gasteiger partial charge in [0.2, 0.25) is 10.0 Å². The topological polar surface area (TPSA) is 63.2 Å². The minimum absolute atomic E-state index is 0.193. The molecule has 1 N–H and O–H groups in total. The van der Waals surface area contributed by atoms with E-state index in [2.05, 4.69) is 4.72 Å². The average Bonchev–Trinajstić information content (AvgIpc) is 2.82. The van der Waals surface area contributed by atoms with Gasteiger partial charge in [0.05, 0.1) is 26.6 Å². The van der Waals surface area contributed by atoms with Crippen LogP contribution in [0.5, 0.6) is 0 Å². The second-order valence-corrected chi connectivity index (χ2v) is 13.2. The van der Waals surface area contributed by atoms with Crippen LogP contribution in [-0.2, 0) is 20.8 Å². The number of rotatable bonds is 6. The Morgan fingerprint density at radius 3 is 2.06 bits per heavy atom. The molecule has 4 aromatic rings. The van der Waals surface area contributed by atoms with Crippen molar-refractivity contribution < 1.29 is 12.6 Å². The highest BCUT2D eigenvalue weighted by atomic mass is 32.2. The molecule has 2 atom stereocenters. The Hall–Kier alpha value is -2.80. The van der Waals surface area contributed by atoms with Crippen molar-refractivity contribution in [1.29, 1.82) is 0 Å². The molecule has 0 saturated heterocycles. The van der Waals surface area contributed by atoms with Gasteiger partial charge in [-0.1, -0.05) is 84.4 Å². The zero-order valence-corrected chi connectivity index (χ0v) is 21.4. The van der Waals surface area contributed by atoms with E-state index in [9.17, 15) is 12.6 Å². The third-order valence-electron chi connectivity index (χ3n) is 5.70. The summed E-state index contributed by atoms with van der Waals surface area (Å²) in [5.74, 6) is 0. The van der Waals surface area contributed by atoms with Gasteiger partial charge in [-0.2, -0.15) is 4.72 Å². The van der Waals surface area contributed by atoms with E-state index < -0.39 is 31.6 Å². The molecule has 0 aromatic heterocycles. The number of benzene rings is 4. The normalized spacial score (nSPS) is 14.1. The number of sulfonamides is 1. The lowest BCUT2D eigenvalue weighted by molar-refractivity contribution is 0.570. The van der Waals surface area contributed by atoms with E-state index in [4.69, 9.17) is 0 Å². The molecule has 34 heavy (non-hydrogen) atoms. The van der Waals surface area contributed by atoms with Gasteiger partial charge in [0.1, 0.15) is 0 Å². The van der Waals surface area contributed by atoms with Crippen LogP contribution in [0.1, 0.15) is 43.5 Å². The van der Waals surface area contributed by atoms with E-state index in [1.165, 1.54) is 0 Å². The predicted octanol–water partition coefficient (Wildman–Crippen LogP) is 6.12. The molecule has 0 amide bonds. The first kappa shape index (κ1) is 24.3. The van der Waals surface area contributed by atoms with Crippen LogP contribution in [0.2, 0.25) is 0 Å². The molecule has 6 heteroatoms. The van der Waals surface area contributed by atoms with Crippen molar-refractivity contribution in [1.82, 2.24) is 4.72 Å². The van der Waals surface area contributed by atoms with Crippen LogP contribution in [0.3, 0.4) is 0 Å². The van der Waals surface area contributed by atoms with Crippen LogP contribution >= 0.6 is 0 Å². The van der Waals surface area contributed by atoms with Crippen LogP contribution in [0.25, 0.3) is 10.8 Å². The van der Waals surface area contributed by atoms with E-state index in [-0.39, 0.29) is 4.90 Å². The maximum atomic E-state index is 13.8. The average molecular weight is 492 g/mol. The zero-order valence-electron chi connectivity index (χ0n) is 19.8. The van der Waals surface area contributed by atoms with E-state index in [0.29, 0.717) is 10.5 Å². The largest absolute Gasteiger partial charge is 0.254 e. The second-order valence-electron chi connectivity index (χ2n) is 9.36. The van der Waals surface area contributed by atoms with Gasteiger partial charge < -0.3 is 0 Å². The van der Waals surface area contributed by atoms with E-state index in [1.54, 1.807) is 24.3 Å². The highest BCUT2D eigenvalue weighted by Gasteiger charge is 2.31. The molecule has 0 aliphatic carbocycles. The Morgan fingerprint density at radius 1 is 0.794 bits per heavy atom. The van der Waals surface area contributed by atoms with Gasteiger partial charge >= 0.3 is 0 Å². The minimum atomic E-state index is -3.85. The maximum Gasteiger partial charge on any atom is 0.241 e. The molecular formula is C28H29NO3S2. The van der Waals surface area contributed by atoms with Gasteiger partial charge in [-0.15, -0.1) is 0 Å². The molecule has 0 saturated carbocycles.